The summed E-state index contributed by atoms with van der Waals surface area (Å²) in [6.45, 7) is 0. The molecule has 0 saturated heterocycles. The minimum atomic E-state index is 0.817. The average Bonchev–Trinajstić information content (AvgIpc) is 4.43. The van der Waals surface area contributed by atoms with Crippen LogP contribution in [0.25, 0.3) is 149 Å². The SMILES string of the molecule is c1ccc(-n2c3ccccc3c3cc(-c4c(-n5c6ccccc6c6ccccc65)c(-n5c6ccccc6c6ccccc65)nc(-n5c6ccccc6c6ccccc65)c4-n4c5ccccc5c5ccccc54)ccc32)cc1. The van der Waals surface area contributed by atoms with Crippen molar-refractivity contribution in [3.8, 4) is 39.8 Å². The van der Waals surface area contributed by atoms with Gasteiger partial charge in [-0.3, -0.25) is 9.13 Å². The Morgan fingerprint density at radius 2 is 0.468 bits per heavy atom. The number of hydrogen-bond donors (Lipinski definition) is 0. The number of nitrogens with zero attached hydrogens (tertiary/aromatic N) is 6. The van der Waals surface area contributed by atoms with Crippen molar-refractivity contribution in [3.05, 3.63) is 267 Å². The Bertz CT molecular complexity index is 4830. The summed E-state index contributed by atoms with van der Waals surface area (Å²) in [7, 11) is 0. The first-order chi connectivity index (χ1) is 38.3. The lowest BCUT2D eigenvalue weighted by atomic mass is 9.98. The van der Waals surface area contributed by atoms with Crippen LogP contribution in [0.4, 0.5) is 0 Å². The maximum atomic E-state index is 6.42. The largest absolute Gasteiger partial charge is 0.309 e. The van der Waals surface area contributed by atoms with Crippen molar-refractivity contribution in [2.45, 2.75) is 0 Å². The summed E-state index contributed by atoms with van der Waals surface area (Å²) >= 11 is 0. The van der Waals surface area contributed by atoms with E-state index in [4.69, 9.17) is 4.98 Å². The monoisotopic (exact) mass is 980 g/mol. The molecule has 0 N–H and O–H groups in total. The van der Waals surface area contributed by atoms with Gasteiger partial charge in [-0.2, -0.15) is 0 Å². The van der Waals surface area contributed by atoms with Gasteiger partial charge >= 0.3 is 0 Å². The van der Waals surface area contributed by atoms with Crippen LogP contribution in [0.1, 0.15) is 0 Å². The number of para-hydroxylation sites is 10. The van der Waals surface area contributed by atoms with Gasteiger partial charge < -0.3 is 13.7 Å². The number of fused-ring (bicyclic) bond motifs is 15. The zero-order chi connectivity index (χ0) is 50.3. The third-order valence-electron chi connectivity index (χ3n) is 16.3. The predicted molar refractivity (Wildman–Crippen MR) is 321 cm³/mol. The van der Waals surface area contributed by atoms with Crippen LogP contribution in [0, 0.1) is 0 Å². The maximum Gasteiger partial charge on any atom is 0.165 e. The molecular weight excluding hydrogens is 937 g/mol. The van der Waals surface area contributed by atoms with Crippen molar-refractivity contribution in [2.75, 3.05) is 0 Å². The summed E-state index contributed by atoms with van der Waals surface area (Å²) in [6, 6.07) is 97.7. The van der Waals surface area contributed by atoms with Crippen LogP contribution in [0.15, 0.2) is 267 Å². The quantitative estimate of drug-likeness (QED) is 0.164. The van der Waals surface area contributed by atoms with Crippen molar-refractivity contribution >= 4 is 109 Å². The molecule has 0 aliphatic heterocycles. The van der Waals surface area contributed by atoms with Gasteiger partial charge in [-0.1, -0.05) is 188 Å². The average molecular weight is 981 g/mol. The van der Waals surface area contributed by atoms with E-state index >= 15 is 0 Å². The van der Waals surface area contributed by atoms with Crippen LogP contribution >= 0.6 is 0 Å². The van der Waals surface area contributed by atoms with Crippen LogP contribution in [-0.2, 0) is 0 Å². The molecule has 0 spiro atoms. The van der Waals surface area contributed by atoms with Gasteiger partial charge in [0.15, 0.2) is 11.6 Å². The summed E-state index contributed by atoms with van der Waals surface area (Å²) in [5, 5.41) is 11.7. The van der Waals surface area contributed by atoms with Crippen molar-refractivity contribution < 1.29 is 0 Å². The summed E-state index contributed by atoms with van der Waals surface area (Å²) < 4.78 is 12.3. The maximum absolute atomic E-state index is 6.42. The van der Waals surface area contributed by atoms with E-state index in [0.29, 0.717) is 0 Å². The zero-order valence-corrected chi connectivity index (χ0v) is 41.6. The van der Waals surface area contributed by atoms with Crippen LogP contribution in [0.5, 0.6) is 0 Å². The summed E-state index contributed by atoms with van der Waals surface area (Å²) in [6.07, 6.45) is 0. The van der Waals surface area contributed by atoms with Crippen LogP contribution in [0.2, 0.25) is 0 Å². The molecule has 0 amide bonds. The molecule has 11 aromatic carbocycles. The Labute approximate surface area is 441 Å². The molecule has 17 rings (SSSR count). The molecule has 6 heteroatoms. The molecule has 0 fully saturated rings. The Morgan fingerprint density at radius 1 is 0.208 bits per heavy atom. The van der Waals surface area contributed by atoms with Crippen LogP contribution < -0.4 is 0 Å². The molecule has 0 aliphatic rings. The fourth-order valence-electron chi connectivity index (χ4n) is 13.2. The first kappa shape index (κ1) is 42.0. The van der Waals surface area contributed by atoms with E-state index in [1.165, 1.54) is 48.5 Å². The summed E-state index contributed by atoms with van der Waals surface area (Å²) in [5.74, 6) is 1.63. The Hall–Kier alpha value is -10.4. The van der Waals surface area contributed by atoms with E-state index in [-0.39, 0.29) is 0 Å². The van der Waals surface area contributed by atoms with Crippen molar-refractivity contribution in [2.24, 2.45) is 0 Å². The fraction of sp³-hybridized carbons (Fsp3) is 0. The van der Waals surface area contributed by atoms with E-state index in [0.717, 1.165) is 100 Å². The summed E-state index contributed by atoms with van der Waals surface area (Å²) in [4.78, 5) is 6.42. The van der Waals surface area contributed by atoms with Gasteiger partial charge in [0, 0.05) is 65.1 Å². The van der Waals surface area contributed by atoms with E-state index in [9.17, 15) is 0 Å². The van der Waals surface area contributed by atoms with Gasteiger partial charge in [-0.15, -0.1) is 0 Å². The number of hydrogen-bond acceptors (Lipinski definition) is 1. The highest BCUT2D eigenvalue weighted by Crippen LogP contribution is 2.50. The lowest BCUT2D eigenvalue weighted by Gasteiger charge is -2.27. The van der Waals surface area contributed by atoms with E-state index in [1.54, 1.807) is 0 Å². The standard InChI is InChI=1S/C71H44N6/c1-2-22-46(23-3-1)73-57-33-13-12-32-55(57)56-44-45(42-43-66(56)73)67-68(74-58-34-14-4-24-47(58)48-25-5-15-35-59(48)74)70(76-62-38-18-8-28-51(62)52-29-9-19-39-63(52)76)72-71(77-64-40-20-10-30-53(64)54-31-11-21-41-65(54)77)69(67)75-60-36-16-6-26-49(60)50-27-7-17-37-61(50)75/h1-44H. The first-order valence-corrected chi connectivity index (χ1v) is 26.4. The molecule has 6 heterocycles. The second kappa shape index (κ2) is 16.0. The second-order valence-electron chi connectivity index (χ2n) is 20.2. The Balaban J connectivity index is 1.19. The molecule has 0 radical (unpaired) electrons. The minimum absolute atomic E-state index is 0.817. The molecule has 0 saturated carbocycles. The molecule has 0 aliphatic carbocycles. The number of benzene rings is 11. The molecule has 358 valence electrons. The van der Waals surface area contributed by atoms with Crippen molar-refractivity contribution in [1.82, 2.24) is 27.8 Å². The number of aromatic nitrogens is 6. The highest BCUT2D eigenvalue weighted by molar-refractivity contribution is 6.17. The molecule has 6 aromatic heterocycles. The molecule has 0 atom stereocenters. The van der Waals surface area contributed by atoms with Gasteiger partial charge in [-0.05, 0) is 84.4 Å². The molecule has 6 nitrogen and oxygen atoms in total. The normalized spacial score (nSPS) is 12.2. The van der Waals surface area contributed by atoms with E-state index < -0.39 is 0 Å². The highest BCUT2D eigenvalue weighted by atomic mass is 15.2. The van der Waals surface area contributed by atoms with E-state index in [2.05, 4.69) is 290 Å². The van der Waals surface area contributed by atoms with Crippen molar-refractivity contribution in [3.63, 3.8) is 0 Å². The molecular formula is C71H44N6. The van der Waals surface area contributed by atoms with Gasteiger partial charge in [0.05, 0.1) is 55.2 Å². The number of pyridine rings is 1. The third-order valence-corrected chi connectivity index (χ3v) is 16.3. The number of rotatable bonds is 6. The van der Waals surface area contributed by atoms with Gasteiger partial charge in [0.1, 0.15) is 11.4 Å². The van der Waals surface area contributed by atoms with Gasteiger partial charge in [0.25, 0.3) is 0 Å². The van der Waals surface area contributed by atoms with Crippen molar-refractivity contribution in [1.29, 1.82) is 0 Å². The third kappa shape index (κ3) is 5.81. The lowest BCUT2D eigenvalue weighted by molar-refractivity contribution is 0.961. The lowest BCUT2D eigenvalue weighted by Crippen LogP contribution is -2.16. The molecule has 17 aromatic rings. The topological polar surface area (TPSA) is 37.5 Å². The first-order valence-electron chi connectivity index (χ1n) is 26.4. The molecule has 0 bridgehead atoms. The highest BCUT2D eigenvalue weighted by Gasteiger charge is 2.33. The van der Waals surface area contributed by atoms with Gasteiger partial charge in [-0.25, -0.2) is 4.98 Å². The summed E-state index contributed by atoms with van der Waals surface area (Å²) in [5.41, 5.74) is 16.2. The van der Waals surface area contributed by atoms with E-state index in [1.807, 2.05) is 0 Å². The second-order valence-corrected chi connectivity index (χ2v) is 20.2. The molecule has 77 heavy (non-hydrogen) atoms. The smallest absolute Gasteiger partial charge is 0.165 e. The predicted octanol–water partition coefficient (Wildman–Crippen LogP) is 18.2. The Kier molecular flexibility index (Phi) is 8.74. The Morgan fingerprint density at radius 3 is 0.805 bits per heavy atom. The zero-order valence-electron chi connectivity index (χ0n) is 41.6. The van der Waals surface area contributed by atoms with Gasteiger partial charge in [0.2, 0.25) is 0 Å². The minimum Gasteiger partial charge on any atom is -0.309 e. The fourth-order valence-corrected chi connectivity index (χ4v) is 13.2. The van der Waals surface area contributed by atoms with Crippen LogP contribution in [0.3, 0.4) is 0 Å². The molecule has 0 unspecified atom stereocenters. The van der Waals surface area contributed by atoms with Crippen LogP contribution in [-0.4, -0.2) is 27.8 Å².